The minimum absolute atomic E-state index is 0.126. The van der Waals surface area contributed by atoms with Crippen molar-refractivity contribution in [3.63, 3.8) is 0 Å². The quantitative estimate of drug-likeness (QED) is 0.745. The Kier molecular flexibility index (Phi) is 2.72. The van der Waals surface area contributed by atoms with Crippen LogP contribution in [0.25, 0.3) is 11.1 Å². The summed E-state index contributed by atoms with van der Waals surface area (Å²) in [5.41, 5.74) is 1.42. The van der Waals surface area contributed by atoms with E-state index >= 15 is 0 Å². The lowest BCUT2D eigenvalue weighted by Crippen LogP contribution is -1.97. The molecule has 19 heavy (non-hydrogen) atoms. The number of aromatic nitrogens is 1. The van der Waals surface area contributed by atoms with Gasteiger partial charge in [-0.2, -0.15) is 0 Å². The minimum atomic E-state index is -0.530. The van der Waals surface area contributed by atoms with Gasteiger partial charge in [0.15, 0.2) is 5.58 Å². The topological polar surface area (TPSA) is 72.3 Å². The molecule has 1 N–H and O–H groups in total. The molecule has 0 atom stereocenters. The van der Waals surface area contributed by atoms with Gasteiger partial charge in [0, 0.05) is 17.0 Å². The summed E-state index contributed by atoms with van der Waals surface area (Å²) >= 11 is 1.31. The summed E-state index contributed by atoms with van der Waals surface area (Å²) in [5, 5.41) is 1.77. The summed E-state index contributed by atoms with van der Waals surface area (Å²) < 4.78 is 9.98. The summed E-state index contributed by atoms with van der Waals surface area (Å²) in [7, 11) is 1.55. The summed E-state index contributed by atoms with van der Waals surface area (Å²) in [6, 6.07) is 6.55. The Labute approximate surface area is 111 Å². The van der Waals surface area contributed by atoms with Crippen molar-refractivity contribution in [2.24, 2.45) is 0 Å². The Morgan fingerprint density at radius 2 is 2.21 bits per heavy atom. The lowest BCUT2D eigenvalue weighted by molar-refractivity contribution is 0.104. The number of benzene rings is 1. The van der Waals surface area contributed by atoms with Crippen molar-refractivity contribution < 1.29 is 13.9 Å². The number of rotatable bonds is 3. The number of oxazole rings is 1. The molecule has 5 nitrogen and oxygen atoms in total. The molecule has 6 heteroatoms. The van der Waals surface area contributed by atoms with E-state index in [9.17, 15) is 9.59 Å². The van der Waals surface area contributed by atoms with Crippen LogP contribution in [0.4, 0.5) is 0 Å². The third kappa shape index (κ3) is 2.06. The van der Waals surface area contributed by atoms with Crippen LogP contribution in [0.3, 0.4) is 0 Å². The SMILES string of the molecule is COc1csc(C(=O)c2ccc3[nH]c(=O)oc3c2)c1. The molecular weight excluding hydrogens is 266 g/mol. The van der Waals surface area contributed by atoms with E-state index in [0.717, 1.165) is 0 Å². The lowest BCUT2D eigenvalue weighted by Gasteiger charge is -1.97. The maximum Gasteiger partial charge on any atom is 0.417 e. The van der Waals surface area contributed by atoms with E-state index in [2.05, 4.69) is 4.98 Å². The highest BCUT2D eigenvalue weighted by Crippen LogP contribution is 2.24. The number of carbonyl (C=O) groups excluding carboxylic acids is 1. The zero-order valence-electron chi connectivity index (χ0n) is 9.93. The molecule has 3 rings (SSSR count). The number of thiophene rings is 1. The molecule has 1 aromatic carbocycles. The van der Waals surface area contributed by atoms with Gasteiger partial charge in [-0.05, 0) is 18.2 Å². The molecule has 0 bridgehead atoms. The number of ketones is 1. The first-order chi connectivity index (χ1) is 9.17. The van der Waals surface area contributed by atoms with E-state index in [4.69, 9.17) is 9.15 Å². The number of aromatic amines is 1. The number of H-pyrrole nitrogens is 1. The highest BCUT2D eigenvalue weighted by molar-refractivity contribution is 7.12. The molecule has 0 spiro atoms. The van der Waals surface area contributed by atoms with Gasteiger partial charge in [0.25, 0.3) is 0 Å². The Morgan fingerprint density at radius 1 is 1.37 bits per heavy atom. The van der Waals surface area contributed by atoms with Crippen molar-refractivity contribution in [2.75, 3.05) is 7.11 Å². The van der Waals surface area contributed by atoms with Crippen molar-refractivity contribution in [1.29, 1.82) is 0 Å². The number of carbonyl (C=O) groups is 1. The number of hydrogen-bond acceptors (Lipinski definition) is 5. The number of methoxy groups -OCH3 is 1. The van der Waals surface area contributed by atoms with Crippen molar-refractivity contribution in [1.82, 2.24) is 4.98 Å². The van der Waals surface area contributed by atoms with Crippen LogP contribution in [0.1, 0.15) is 15.2 Å². The van der Waals surface area contributed by atoms with Crippen LogP contribution in [-0.4, -0.2) is 17.9 Å². The molecule has 96 valence electrons. The fourth-order valence-electron chi connectivity index (χ4n) is 1.77. The van der Waals surface area contributed by atoms with Gasteiger partial charge in [0.05, 0.1) is 17.5 Å². The van der Waals surface area contributed by atoms with Crippen LogP contribution in [0, 0.1) is 0 Å². The predicted octanol–water partition coefficient (Wildman–Crippen LogP) is 2.42. The van der Waals surface area contributed by atoms with Gasteiger partial charge >= 0.3 is 5.76 Å². The van der Waals surface area contributed by atoms with E-state index in [1.165, 1.54) is 11.3 Å². The van der Waals surface area contributed by atoms with E-state index in [1.54, 1.807) is 36.8 Å². The molecular formula is C13H9NO4S. The average Bonchev–Trinajstić information content (AvgIpc) is 3.01. The Hall–Kier alpha value is -2.34. The van der Waals surface area contributed by atoms with Crippen LogP contribution < -0.4 is 10.5 Å². The van der Waals surface area contributed by atoms with Gasteiger partial charge in [-0.25, -0.2) is 4.79 Å². The zero-order valence-corrected chi connectivity index (χ0v) is 10.7. The number of nitrogens with one attached hydrogen (secondary N) is 1. The highest BCUT2D eigenvalue weighted by atomic mass is 32.1. The zero-order chi connectivity index (χ0) is 13.4. The summed E-state index contributed by atoms with van der Waals surface area (Å²) in [6.07, 6.45) is 0. The number of ether oxygens (including phenoxy) is 1. The first-order valence-corrected chi connectivity index (χ1v) is 6.35. The molecule has 0 unspecified atom stereocenters. The highest BCUT2D eigenvalue weighted by Gasteiger charge is 2.14. The van der Waals surface area contributed by atoms with Crippen LogP contribution in [0.15, 0.2) is 38.9 Å². The Bertz CT molecular complexity index is 811. The first kappa shape index (κ1) is 11.7. The smallest absolute Gasteiger partial charge is 0.417 e. The van der Waals surface area contributed by atoms with Gasteiger partial charge in [0.1, 0.15) is 5.75 Å². The van der Waals surface area contributed by atoms with Crippen LogP contribution in [0.5, 0.6) is 5.75 Å². The Morgan fingerprint density at radius 3 is 2.95 bits per heavy atom. The molecule has 0 radical (unpaired) electrons. The van der Waals surface area contributed by atoms with Gasteiger partial charge < -0.3 is 9.15 Å². The van der Waals surface area contributed by atoms with E-state index in [0.29, 0.717) is 27.3 Å². The second-order valence-corrected chi connectivity index (χ2v) is 4.82. The normalized spacial score (nSPS) is 10.8. The minimum Gasteiger partial charge on any atom is -0.496 e. The van der Waals surface area contributed by atoms with E-state index in [-0.39, 0.29) is 5.78 Å². The second-order valence-electron chi connectivity index (χ2n) is 3.91. The maximum absolute atomic E-state index is 12.3. The van der Waals surface area contributed by atoms with Gasteiger partial charge in [-0.15, -0.1) is 11.3 Å². The second kappa shape index (κ2) is 4.40. The standard InChI is InChI=1S/C13H9NO4S/c1-17-8-5-11(19-6-8)12(15)7-2-3-9-10(4-7)18-13(16)14-9/h2-6H,1H3,(H,14,16). The number of fused-ring (bicyclic) bond motifs is 1. The maximum atomic E-state index is 12.3. The molecule has 3 aromatic rings. The van der Waals surface area contributed by atoms with E-state index < -0.39 is 5.76 Å². The first-order valence-electron chi connectivity index (χ1n) is 5.47. The molecule has 0 aliphatic heterocycles. The summed E-state index contributed by atoms with van der Waals surface area (Å²) in [5.74, 6) is -0.000884. The van der Waals surface area contributed by atoms with Crippen molar-refractivity contribution >= 4 is 28.2 Å². The van der Waals surface area contributed by atoms with Crippen LogP contribution in [0.2, 0.25) is 0 Å². The monoisotopic (exact) mass is 275 g/mol. The molecule has 2 aromatic heterocycles. The van der Waals surface area contributed by atoms with Crippen LogP contribution >= 0.6 is 11.3 Å². The predicted molar refractivity (Wildman–Crippen MR) is 71.1 cm³/mol. The van der Waals surface area contributed by atoms with Gasteiger partial charge in [-0.3, -0.25) is 9.78 Å². The molecule has 2 heterocycles. The lowest BCUT2D eigenvalue weighted by atomic mass is 10.1. The largest absolute Gasteiger partial charge is 0.496 e. The van der Waals surface area contributed by atoms with Gasteiger partial charge in [-0.1, -0.05) is 0 Å². The summed E-state index contributed by atoms with van der Waals surface area (Å²) in [6.45, 7) is 0. The van der Waals surface area contributed by atoms with Gasteiger partial charge in [0.2, 0.25) is 5.78 Å². The molecule has 0 saturated heterocycles. The average molecular weight is 275 g/mol. The van der Waals surface area contributed by atoms with Crippen molar-refractivity contribution in [3.8, 4) is 5.75 Å². The molecule has 0 saturated carbocycles. The van der Waals surface area contributed by atoms with Crippen LogP contribution in [-0.2, 0) is 0 Å². The molecule has 0 aliphatic rings. The third-order valence-corrected chi connectivity index (χ3v) is 3.63. The molecule has 0 fully saturated rings. The number of hydrogen-bond donors (Lipinski definition) is 1. The van der Waals surface area contributed by atoms with Crippen molar-refractivity contribution in [3.05, 3.63) is 50.6 Å². The fraction of sp³-hybridized carbons (Fsp3) is 0.0769. The molecule has 0 amide bonds. The fourth-order valence-corrected chi connectivity index (χ4v) is 2.59. The van der Waals surface area contributed by atoms with Crippen molar-refractivity contribution in [2.45, 2.75) is 0 Å². The third-order valence-electron chi connectivity index (χ3n) is 2.72. The van der Waals surface area contributed by atoms with E-state index in [1.807, 2.05) is 0 Å². The Balaban J connectivity index is 2.03. The molecule has 0 aliphatic carbocycles. The summed E-state index contributed by atoms with van der Waals surface area (Å²) in [4.78, 5) is 26.4.